The molecule has 3 N–H and O–H groups in total. The van der Waals surface area contributed by atoms with E-state index in [4.69, 9.17) is 10.5 Å². The maximum absolute atomic E-state index is 9.57. The van der Waals surface area contributed by atoms with E-state index < -0.39 is 0 Å². The van der Waals surface area contributed by atoms with Gasteiger partial charge in [0.1, 0.15) is 23.2 Å². The number of nitrogens with one attached hydrogen (secondary N) is 1. The first-order valence-corrected chi connectivity index (χ1v) is 8.13. The van der Waals surface area contributed by atoms with Crippen LogP contribution in [0.25, 0.3) is 33.3 Å². The zero-order chi connectivity index (χ0) is 18.1. The Morgan fingerprint density at radius 1 is 1.08 bits per heavy atom. The van der Waals surface area contributed by atoms with Crippen LogP contribution < -0.4 is 10.5 Å². The number of hydrogen-bond donors (Lipinski definition) is 2. The van der Waals surface area contributed by atoms with Gasteiger partial charge in [0.05, 0.1) is 12.8 Å². The molecule has 0 amide bonds. The van der Waals surface area contributed by atoms with Gasteiger partial charge in [0.2, 0.25) is 0 Å². The van der Waals surface area contributed by atoms with E-state index in [9.17, 15) is 5.26 Å². The number of hydrogen-bond acceptors (Lipinski definition) is 4. The van der Waals surface area contributed by atoms with Crippen molar-refractivity contribution in [1.82, 2.24) is 9.97 Å². The van der Waals surface area contributed by atoms with Crippen molar-refractivity contribution < 1.29 is 4.74 Å². The molecule has 2 heterocycles. The number of rotatable bonds is 3. The van der Waals surface area contributed by atoms with Crippen molar-refractivity contribution in [2.24, 2.45) is 0 Å². The lowest BCUT2D eigenvalue weighted by atomic mass is 9.98. The third-order valence-electron chi connectivity index (χ3n) is 4.41. The third-order valence-corrected chi connectivity index (χ3v) is 4.41. The van der Waals surface area contributed by atoms with Gasteiger partial charge in [-0.05, 0) is 29.8 Å². The fourth-order valence-electron chi connectivity index (χ4n) is 3.12. The number of nitriles is 1. The second-order valence-electron chi connectivity index (χ2n) is 5.91. The largest absolute Gasteiger partial charge is 0.497 e. The Labute approximate surface area is 150 Å². The smallest absolute Gasteiger partial charge is 0.142 e. The Kier molecular flexibility index (Phi) is 3.79. The Morgan fingerprint density at radius 2 is 1.92 bits per heavy atom. The van der Waals surface area contributed by atoms with Crippen molar-refractivity contribution in [2.45, 2.75) is 0 Å². The Bertz CT molecular complexity index is 1150. The van der Waals surface area contributed by atoms with Gasteiger partial charge < -0.3 is 15.5 Å². The molecule has 0 atom stereocenters. The van der Waals surface area contributed by atoms with Crippen molar-refractivity contribution in [3.8, 4) is 34.2 Å². The molecule has 0 bridgehead atoms. The summed E-state index contributed by atoms with van der Waals surface area (Å²) in [6.45, 7) is 0. The monoisotopic (exact) mass is 340 g/mol. The zero-order valence-electron chi connectivity index (χ0n) is 14.2. The summed E-state index contributed by atoms with van der Waals surface area (Å²) in [4.78, 5) is 7.72. The lowest BCUT2D eigenvalue weighted by molar-refractivity contribution is 0.415. The van der Waals surface area contributed by atoms with Crippen LogP contribution in [0.15, 0.2) is 60.8 Å². The Morgan fingerprint density at radius 3 is 2.73 bits per heavy atom. The summed E-state index contributed by atoms with van der Waals surface area (Å²) in [6, 6.07) is 19.6. The number of H-pyrrole nitrogens is 1. The maximum atomic E-state index is 9.57. The molecule has 0 fully saturated rings. The van der Waals surface area contributed by atoms with Crippen LogP contribution in [0, 0.1) is 11.3 Å². The van der Waals surface area contributed by atoms with E-state index in [1.807, 2.05) is 60.8 Å². The first-order chi connectivity index (χ1) is 12.7. The van der Waals surface area contributed by atoms with E-state index in [1.54, 1.807) is 7.11 Å². The molecule has 0 aliphatic rings. The molecule has 126 valence electrons. The number of para-hydroxylation sites is 1. The molecule has 0 saturated carbocycles. The quantitative estimate of drug-likeness (QED) is 0.580. The number of benzene rings is 2. The first-order valence-electron chi connectivity index (χ1n) is 8.13. The van der Waals surface area contributed by atoms with Gasteiger partial charge in [-0.3, -0.25) is 0 Å². The molecular weight excluding hydrogens is 324 g/mol. The topological polar surface area (TPSA) is 87.7 Å². The molecule has 0 saturated heterocycles. The molecule has 4 aromatic rings. The minimum absolute atomic E-state index is 0.216. The number of nitrogens with two attached hydrogens (primary N) is 1. The van der Waals surface area contributed by atoms with E-state index in [0.717, 1.165) is 39.0 Å². The Hall–Kier alpha value is -3.78. The number of nitrogens with zero attached hydrogens (tertiary/aromatic N) is 2. The summed E-state index contributed by atoms with van der Waals surface area (Å²) in [7, 11) is 1.61. The van der Waals surface area contributed by atoms with E-state index in [2.05, 4.69) is 16.0 Å². The third kappa shape index (κ3) is 2.54. The minimum Gasteiger partial charge on any atom is -0.497 e. The van der Waals surface area contributed by atoms with Crippen LogP contribution in [0.2, 0.25) is 0 Å². The molecule has 5 nitrogen and oxygen atoms in total. The summed E-state index contributed by atoms with van der Waals surface area (Å²) < 4.78 is 5.31. The average Bonchev–Trinajstić information content (AvgIpc) is 3.11. The number of ether oxygens (including phenoxy) is 1. The summed E-state index contributed by atoms with van der Waals surface area (Å²) >= 11 is 0. The fraction of sp³-hybridized carbons (Fsp3) is 0.0476. The van der Waals surface area contributed by atoms with E-state index >= 15 is 0 Å². The molecule has 4 rings (SSSR count). The van der Waals surface area contributed by atoms with Crippen molar-refractivity contribution >= 4 is 16.7 Å². The number of pyridine rings is 1. The molecule has 0 aliphatic heterocycles. The summed E-state index contributed by atoms with van der Waals surface area (Å²) in [5.74, 6) is 0.934. The highest BCUT2D eigenvalue weighted by Gasteiger charge is 2.15. The van der Waals surface area contributed by atoms with Crippen LogP contribution in [-0.2, 0) is 0 Å². The van der Waals surface area contributed by atoms with Crippen molar-refractivity contribution in [2.75, 3.05) is 12.8 Å². The molecule has 0 spiro atoms. The fourth-order valence-corrected chi connectivity index (χ4v) is 3.12. The van der Waals surface area contributed by atoms with Crippen molar-refractivity contribution in [1.29, 1.82) is 5.26 Å². The molecule has 5 heteroatoms. The lowest BCUT2D eigenvalue weighted by Crippen LogP contribution is -1.99. The summed E-state index contributed by atoms with van der Waals surface area (Å²) in [5, 5.41) is 10.6. The van der Waals surface area contributed by atoms with Crippen LogP contribution in [0.5, 0.6) is 5.75 Å². The molecular formula is C21H16N4O. The molecule has 26 heavy (non-hydrogen) atoms. The van der Waals surface area contributed by atoms with Crippen LogP contribution in [0.4, 0.5) is 5.82 Å². The number of nitrogen functional groups attached to an aromatic ring is 1. The van der Waals surface area contributed by atoms with Crippen molar-refractivity contribution in [3.05, 3.63) is 66.4 Å². The average molecular weight is 340 g/mol. The highest BCUT2D eigenvalue weighted by molar-refractivity contribution is 5.96. The first kappa shape index (κ1) is 15.7. The van der Waals surface area contributed by atoms with Crippen LogP contribution in [0.3, 0.4) is 0 Å². The van der Waals surface area contributed by atoms with Gasteiger partial charge in [-0.25, -0.2) is 4.98 Å². The second kappa shape index (κ2) is 6.26. The Balaban J connectivity index is 1.96. The van der Waals surface area contributed by atoms with E-state index in [0.29, 0.717) is 5.56 Å². The van der Waals surface area contributed by atoms with E-state index in [-0.39, 0.29) is 5.82 Å². The van der Waals surface area contributed by atoms with Crippen LogP contribution >= 0.6 is 0 Å². The highest BCUT2D eigenvalue weighted by atomic mass is 16.5. The van der Waals surface area contributed by atoms with Gasteiger partial charge in [0, 0.05) is 28.2 Å². The van der Waals surface area contributed by atoms with Gasteiger partial charge in [0.25, 0.3) is 0 Å². The van der Waals surface area contributed by atoms with E-state index in [1.165, 1.54) is 0 Å². The number of fused-ring (bicyclic) bond motifs is 1. The van der Waals surface area contributed by atoms with Gasteiger partial charge >= 0.3 is 0 Å². The number of anilines is 1. The molecule has 0 unspecified atom stereocenters. The predicted octanol–water partition coefficient (Wildman–Crippen LogP) is 4.36. The van der Waals surface area contributed by atoms with Crippen molar-refractivity contribution in [3.63, 3.8) is 0 Å². The molecule has 0 radical (unpaired) electrons. The summed E-state index contributed by atoms with van der Waals surface area (Å²) in [5.41, 5.74) is 10.8. The van der Waals surface area contributed by atoms with Gasteiger partial charge in [-0.2, -0.15) is 5.26 Å². The van der Waals surface area contributed by atoms with Crippen LogP contribution in [-0.4, -0.2) is 17.1 Å². The number of aromatic amines is 1. The van der Waals surface area contributed by atoms with Gasteiger partial charge in [-0.15, -0.1) is 0 Å². The number of aromatic nitrogens is 2. The zero-order valence-corrected chi connectivity index (χ0v) is 14.2. The lowest BCUT2D eigenvalue weighted by Gasteiger charge is -2.11. The van der Waals surface area contributed by atoms with Gasteiger partial charge in [-0.1, -0.05) is 30.3 Å². The standard InChI is InChI=1S/C21H16N4O/c1-26-14-6-4-5-13(9-14)16-10-20(25-21(23)17(16)11-22)18-12-24-19-8-3-2-7-15(18)19/h2-10,12,24H,1H3,(H2,23,25). The number of methoxy groups -OCH3 is 1. The summed E-state index contributed by atoms with van der Waals surface area (Å²) in [6.07, 6.45) is 1.91. The van der Waals surface area contributed by atoms with Crippen LogP contribution in [0.1, 0.15) is 5.56 Å². The SMILES string of the molecule is COc1cccc(-c2cc(-c3c[nH]c4ccccc34)nc(N)c2C#N)c1. The second-order valence-corrected chi connectivity index (χ2v) is 5.91. The normalized spacial score (nSPS) is 10.6. The van der Waals surface area contributed by atoms with Gasteiger partial charge in [0.15, 0.2) is 0 Å². The molecule has 2 aromatic heterocycles. The predicted molar refractivity (Wildman–Crippen MR) is 103 cm³/mol. The molecule has 0 aliphatic carbocycles. The minimum atomic E-state index is 0.216. The highest BCUT2D eigenvalue weighted by Crippen LogP contribution is 2.35. The maximum Gasteiger partial charge on any atom is 0.142 e. The molecule has 2 aromatic carbocycles.